The summed E-state index contributed by atoms with van der Waals surface area (Å²) in [4.78, 5) is 21.7. The molecule has 0 saturated carbocycles. The van der Waals surface area contributed by atoms with Gasteiger partial charge in [-0.05, 0) is 6.92 Å². The summed E-state index contributed by atoms with van der Waals surface area (Å²) in [6.07, 6.45) is -6.89. The van der Waals surface area contributed by atoms with E-state index >= 15 is 0 Å². The summed E-state index contributed by atoms with van der Waals surface area (Å²) in [6, 6.07) is -0.996. The van der Waals surface area contributed by atoms with Crippen LogP contribution in [-0.2, 0) is 14.3 Å². The normalized spacial score (nSPS) is 19.9. The van der Waals surface area contributed by atoms with E-state index in [-0.39, 0.29) is 6.29 Å². The van der Waals surface area contributed by atoms with E-state index in [4.69, 9.17) is 15.9 Å². The quantitative estimate of drug-likeness (QED) is 0.231. The summed E-state index contributed by atoms with van der Waals surface area (Å²) in [5, 5.41) is 36.3. The zero-order chi connectivity index (χ0) is 13.6. The van der Waals surface area contributed by atoms with E-state index in [1.54, 1.807) is 0 Å². The van der Waals surface area contributed by atoms with E-state index in [1.807, 2.05) is 0 Å². The molecule has 0 aliphatic carbocycles. The van der Waals surface area contributed by atoms with E-state index in [0.717, 1.165) is 0 Å². The van der Waals surface area contributed by atoms with E-state index < -0.39 is 43.0 Å². The van der Waals surface area contributed by atoms with Crippen LogP contribution in [0.25, 0.3) is 0 Å². The number of hydrogen-bond acceptors (Lipinski definition) is 8. The minimum absolute atomic E-state index is 0.0955. The number of esters is 1. The van der Waals surface area contributed by atoms with Crippen molar-refractivity contribution in [2.24, 2.45) is 5.73 Å². The Kier molecular flexibility index (Phi) is 6.85. The first-order valence-electron chi connectivity index (χ1n) is 4.91. The van der Waals surface area contributed by atoms with Crippen molar-refractivity contribution in [3.8, 4) is 0 Å². The standard InChI is InChI=1S/C9H17NO7/c1-4(10)9(16)17-6(3-12)8(15)7(14)5(13)2-11/h3-8,11,13-15H,2,10H2,1H3/t4-,5+,6-,7+,8+/m0/s1. The van der Waals surface area contributed by atoms with E-state index in [2.05, 4.69) is 4.74 Å². The Labute approximate surface area is 97.6 Å². The zero-order valence-corrected chi connectivity index (χ0v) is 9.26. The Morgan fingerprint density at radius 2 is 1.88 bits per heavy atom. The third kappa shape index (κ3) is 4.75. The molecule has 0 saturated heterocycles. The summed E-state index contributed by atoms with van der Waals surface area (Å²) in [5.41, 5.74) is 5.18. The third-order valence-electron chi connectivity index (χ3n) is 2.03. The zero-order valence-electron chi connectivity index (χ0n) is 9.26. The van der Waals surface area contributed by atoms with Gasteiger partial charge in [0.15, 0.2) is 12.4 Å². The SMILES string of the molecule is C[C@H](N)C(=O)O[C@@H](C=O)[C@@H](O)[C@H](O)[C@H](O)CO. The fourth-order valence-corrected chi connectivity index (χ4v) is 0.949. The third-order valence-corrected chi connectivity index (χ3v) is 2.03. The lowest BCUT2D eigenvalue weighted by molar-refractivity contribution is -0.168. The van der Waals surface area contributed by atoms with Crippen LogP contribution in [0.5, 0.6) is 0 Å². The van der Waals surface area contributed by atoms with Gasteiger partial charge in [-0.1, -0.05) is 0 Å². The predicted octanol–water partition coefficient (Wildman–Crippen LogP) is -3.48. The van der Waals surface area contributed by atoms with Gasteiger partial charge in [0.2, 0.25) is 0 Å². The molecule has 0 aromatic carbocycles. The van der Waals surface area contributed by atoms with Gasteiger partial charge in [-0.15, -0.1) is 0 Å². The van der Waals surface area contributed by atoms with Crippen molar-refractivity contribution in [2.45, 2.75) is 37.4 Å². The number of carbonyl (C=O) groups is 2. The van der Waals surface area contributed by atoms with Crippen LogP contribution in [0.1, 0.15) is 6.92 Å². The fraction of sp³-hybridized carbons (Fsp3) is 0.778. The molecular formula is C9H17NO7. The largest absolute Gasteiger partial charge is 0.451 e. The smallest absolute Gasteiger partial charge is 0.323 e. The first kappa shape index (κ1) is 15.9. The second kappa shape index (κ2) is 7.30. The molecule has 0 aliphatic rings. The van der Waals surface area contributed by atoms with Gasteiger partial charge >= 0.3 is 5.97 Å². The summed E-state index contributed by atoms with van der Waals surface area (Å²) >= 11 is 0. The molecule has 100 valence electrons. The van der Waals surface area contributed by atoms with Crippen LogP contribution in [0.2, 0.25) is 0 Å². The maximum absolute atomic E-state index is 11.1. The van der Waals surface area contributed by atoms with E-state index in [1.165, 1.54) is 6.92 Å². The van der Waals surface area contributed by atoms with E-state index in [0.29, 0.717) is 0 Å². The number of rotatable bonds is 7. The summed E-state index contributed by atoms with van der Waals surface area (Å²) < 4.78 is 4.50. The predicted molar refractivity (Wildman–Crippen MR) is 54.7 cm³/mol. The monoisotopic (exact) mass is 251 g/mol. The molecule has 0 unspecified atom stereocenters. The number of aldehydes is 1. The van der Waals surface area contributed by atoms with Crippen LogP contribution in [0.3, 0.4) is 0 Å². The first-order chi connectivity index (χ1) is 7.84. The Morgan fingerprint density at radius 3 is 2.24 bits per heavy atom. The second-order valence-corrected chi connectivity index (χ2v) is 3.56. The molecule has 17 heavy (non-hydrogen) atoms. The van der Waals surface area contributed by atoms with Crippen molar-refractivity contribution in [1.29, 1.82) is 0 Å². The molecule has 8 heteroatoms. The van der Waals surface area contributed by atoms with Gasteiger partial charge in [0.05, 0.1) is 6.61 Å². The molecule has 0 bridgehead atoms. The van der Waals surface area contributed by atoms with Crippen molar-refractivity contribution in [2.75, 3.05) is 6.61 Å². The van der Waals surface area contributed by atoms with Gasteiger partial charge in [0.25, 0.3) is 0 Å². The minimum Gasteiger partial charge on any atom is -0.451 e. The van der Waals surface area contributed by atoms with Crippen molar-refractivity contribution in [3.63, 3.8) is 0 Å². The number of aliphatic hydroxyl groups excluding tert-OH is 4. The first-order valence-corrected chi connectivity index (χ1v) is 4.91. The van der Waals surface area contributed by atoms with Gasteiger partial charge < -0.3 is 30.9 Å². The lowest BCUT2D eigenvalue weighted by atomic mass is 10.0. The van der Waals surface area contributed by atoms with Crippen LogP contribution < -0.4 is 5.73 Å². The molecule has 8 nitrogen and oxygen atoms in total. The molecule has 6 N–H and O–H groups in total. The maximum atomic E-state index is 11.1. The van der Waals surface area contributed by atoms with E-state index in [9.17, 15) is 19.8 Å². The second-order valence-electron chi connectivity index (χ2n) is 3.56. The average Bonchev–Trinajstić information content (AvgIpc) is 2.32. The highest BCUT2D eigenvalue weighted by Gasteiger charge is 2.33. The molecule has 5 atom stereocenters. The highest BCUT2D eigenvalue weighted by atomic mass is 16.6. The molecular weight excluding hydrogens is 234 g/mol. The Balaban J connectivity index is 4.55. The van der Waals surface area contributed by atoms with Crippen LogP contribution in [0.15, 0.2) is 0 Å². The van der Waals surface area contributed by atoms with Gasteiger partial charge in [-0.25, -0.2) is 0 Å². The van der Waals surface area contributed by atoms with Crippen molar-refractivity contribution in [3.05, 3.63) is 0 Å². The lowest BCUT2D eigenvalue weighted by Crippen LogP contribution is -2.49. The van der Waals surface area contributed by atoms with Crippen LogP contribution >= 0.6 is 0 Å². The van der Waals surface area contributed by atoms with Gasteiger partial charge in [0.1, 0.15) is 24.4 Å². The van der Waals surface area contributed by atoms with Crippen LogP contribution in [-0.4, -0.2) is 69.7 Å². The fourth-order valence-electron chi connectivity index (χ4n) is 0.949. The number of aliphatic hydroxyl groups is 4. The topological polar surface area (TPSA) is 150 Å². The minimum atomic E-state index is -1.85. The summed E-state index contributed by atoms with van der Waals surface area (Å²) in [7, 11) is 0. The molecule has 0 heterocycles. The average molecular weight is 251 g/mol. The van der Waals surface area contributed by atoms with Gasteiger partial charge in [-0.2, -0.15) is 0 Å². The molecule has 0 aromatic rings. The molecule has 0 fully saturated rings. The van der Waals surface area contributed by atoms with Gasteiger partial charge in [-0.3, -0.25) is 9.59 Å². The molecule has 0 rings (SSSR count). The molecule has 0 spiro atoms. The molecule has 0 radical (unpaired) electrons. The van der Waals surface area contributed by atoms with Gasteiger partial charge in [0, 0.05) is 0 Å². The van der Waals surface area contributed by atoms with Crippen molar-refractivity contribution < 1.29 is 34.8 Å². The molecule has 0 aliphatic heterocycles. The molecule has 0 aromatic heterocycles. The number of nitrogens with two attached hydrogens (primary N) is 1. The van der Waals surface area contributed by atoms with Crippen LogP contribution in [0, 0.1) is 0 Å². The van der Waals surface area contributed by atoms with Crippen LogP contribution in [0.4, 0.5) is 0 Å². The molecule has 0 amide bonds. The number of hydrogen-bond donors (Lipinski definition) is 5. The maximum Gasteiger partial charge on any atom is 0.323 e. The Bertz CT molecular complexity index is 258. The lowest BCUT2D eigenvalue weighted by Gasteiger charge is -2.25. The van der Waals surface area contributed by atoms with Crippen molar-refractivity contribution >= 4 is 12.3 Å². The Hall–Kier alpha value is -1.06. The highest BCUT2D eigenvalue weighted by Crippen LogP contribution is 2.07. The number of ether oxygens (including phenoxy) is 1. The summed E-state index contributed by atoms with van der Waals surface area (Å²) in [6.45, 7) is 0.501. The number of carbonyl (C=O) groups excluding carboxylic acids is 2. The Morgan fingerprint density at radius 1 is 1.35 bits per heavy atom. The summed E-state index contributed by atoms with van der Waals surface area (Å²) in [5.74, 6) is -0.938. The highest BCUT2D eigenvalue weighted by molar-refractivity contribution is 5.77. The van der Waals surface area contributed by atoms with Crippen molar-refractivity contribution in [1.82, 2.24) is 0 Å².